The van der Waals surface area contributed by atoms with E-state index in [9.17, 15) is 18.0 Å². The van der Waals surface area contributed by atoms with E-state index >= 15 is 0 Å². The number of nitrogens with zero attached hydrogens (tertiary/aromatic N) is 1. The quantitative estimate of drug-likeness (QED) is 0.804. The fraction of sp³-hybridized carbons (Fsp3) is 0.300. The number of anilines is 3. The second kappa shape index (κ2) is 7.63. The minimum Gasteiger partial charge on any atom is -0.326 e. The Morgan fingerprint density at radius 3 is 2.29 bits per heavy atom. The molecule has 0 unspecified atom stereocenters. The normalized spacial score (nSPS) is 14.2. The summed E-state index contributed by atoms with van der Waals surface area (Å²) in [5.41, 5.74) is 3.13. The number of carbonyl (C=O) groups is 2. The minimum atomic E-state index is -3.79. The summed E-state index contributed by atoms with van der Waals surface area (Å²) in [5, 5.41) is 2.63. The van der Waals surface area contributed by atoms with Crippen LogP contribution in [-0.2, 0) is 19.6 Å². The number of amides is 2. The second-order valence-corrected chi connectivity index (χ2v) is 8.57. The molecule has 2 aromatic carbocycles. The molecule has 1 heterocycles. The first kappa shape index (κ1) is 19.9. The lowest BCUT2D eigenvalue weighted by Crippen LogP contribution is -2.24. The first-order chi connectivity index (χ1) is 13.2. The highest BCUT2D eigenvalue weighted by molar-refractivity contribution is 7.92. The Kier molecular flexibility index (Phi) is 5.42. The molecule has 28 heavy (non-hydrogen) atoms. The van der Waals surface area contributed by atoms with Gasteiger partial charge in [0.25, 0.3) is 10.0 Å². The highest BCUT2D eigenvalue weighted by Crippen LogP contribution is 2.29. The van der Waals surface area contributed by atoms with Crippen molar-refractivity contribution < 1.29 is 18.0 Å². The van der Waals surface area contributed by atoms with E-state index in [2.05, 4.69) is 10.0 Å². The Bertz CT molecular complexity index is 1050. The number of rotatable bonds is 5. The third-order valence-corrected chi connectivity index (χ3v) is 6.14. The van der Waals surface area contributed by atoms with Crippen LogP contribution in [0.5, 0.6) is 0 Å². The molecule has 1 saturated heterocycles. The van der Waals surface area contributed by atoms with E-state index in [1.807, 2.05) is 6.92 Å². The molecule has 3 rings (SSSR count). The summed E-state index contributed by atoms with van der Waals surface area (Å²) in [7, 11) is -3.79. The molecule has 1 aliphatic heterocycles. The molecule has 7 nitrogen and oxygen atoms in total. The van der Waals surface area contributed by atoms with Gasteiger partial charge in [0.1, 0.15) is 0 Å². The van der Waals surface area contributed by atoms with Crippen LogP contribution in [0.3, 0.4) is 0 Å². The van der Waals surface area contributed by atoms with E-state index in [1.165, 1.54) is 13.0 Å². The summed E-state index contributed by atoms with van der Waals surface area (Å²) >= 11 is 0. The molecule has 0 bridgehead atoms. The van der Waals surface area contributed by atoms with E-state index in [4.69, 9.17) is 0 Å². The maximum Gasteiger partial charge on any atom is 0.262 e. The zero-order valence-corrected chi connectivity index (χ0v) is 16.9. The van der Waals surface area contributed by atoms with Gasteiger partial charge >= 0.3 is 0 Å². The van der Waals surface area contributed by atoms with Crippen LogP contribution >= 0.6 is 0 Å². The number of hydrogen-bond donors (Lipinski definition) is 2. The van der Waals surface area contributed by atoms with Gasteiger partial charge in [-0.25, -0.2) is 8.42 Å². The Hall–Kier alpha value is -2.87. The lowest BCUT2D eigenvalue weighted by molar-refractivity contribution is -0.117. The molecule has 1 fully saturated rings. The molecule has 2 aromatic rings. The van der Waals surface area contributed by atoms with Crippen molar-refractivity contribution in [1.29, 1.82) is 0 Å². The molecule has 0 radical (unpaired) electrons. The predicted octanol–water partition coefficient (Wildman–Crippen LogP) is 3.19. The molecule has 0 aromatic heterocycles. The van der Waals surface area contributed by atoms with Gasteiger partial charge in [0.15, 0.2) is 0 Å². The van der Waals surface area contributed by atoms with E-state index in [0.717, 1.165) is 17.7 Å². The Balaban J connectivity index is 1.83. The van der Waals surface area contributed by atoms with E-state index in [0.29, 0.717) is 29.9 Å². The number of aryl methyl sites for hydroxylation is 2. The van der Waals surface area contributed by atoms with Crippen molar-refractivity contribution in [1.82, 2.24) is 0 Å². The lowest BCUT2D eigenvalue weighted by Gasteiger charge is -2.19. The number of benzene rings is 2. The Morgan fingerprint density at radius 1 is 1.04 bits per heavy atom. The number of carbonyl (C=O) groups excluding carboxylic acids is 2. The highest BCUT2D eigenvalue weighted by atomic mass is 32.2. The fourth-order valence-electron chi connectivity index (χ4n) is 3.37. The summed E-state index contributed by atoms with van der Waals surface area (Å²) in [6, 6.07) is 9.78. The number of nitrogens with one attached hydrogen (secondary N) is 2. The third kappa shape index (κ3) is 4.17. The van der Waals surface area contributed by atoms with E-state index in [1.54, 1.807) is 42.2 Å². The van der Waals surface area contributed by atoms with E-state index in [-0.39, 0.29) is 16.7 Å². The SMILES string of the molecule is CC(=O)Nc1ccc(S(=O)(=O)Nc2ccc(N3CCCC3=O)c(C)c2)c(C)c1. The van der Waals surface area contributed by atoms with Crippen molar-refractivity contribution in [3.05, 3.63) is 47.5 Å². The third-order valence-electron chi connectivity index (χ3n) is 4.60. The van der Waals surface area contributed by atoms with Gasteiger partial charge in [-0.1, -0.05) is 0 Å². The summed E-state index contributed by atoms with van der Waals surface area (Å²) in [6.45, 7) is 5.60. The monoisotopic (exact) mass is 401 g/mol. The van der Waals surface area contributed by atoms with Gasteiger partial charge in [0, 0.05) is 37.0 Å². The standard InChI is InChI=1S/C20H23N3O4S/c1-13-11-17(6-8-18(13)23-10-4-5-20(23)25)22-28(26,27)19-9-7-16(12-14(19)2)21-15(3)24/h6-9,11-12,22H,4-5,10H2,1-3H3,(H,21,24). The molecule has 2 amide bonds. The molecular weight excluding hydrogens is 378 g/mol. The van der Waals surface area contributed by atoms with Crippen LogP contribution in [0.1, 0.15) is 30.9 Å². The molecule has 0 aliphatic carbocycles. The number of hydrogen-bond acceptors (Lipinski definition) is 4. The topological polar surface area (TPSA) is 95.6 Å². The van der Waals surface area contributed by atoms with Gasteiger partial charge in [0.2, 0.25) is 11.8 Å². The predicted molar refractivity (Wildman–Crippen MR) is 109 cm³/mol. The summed E-state index contributed by atoms with van der Waals surface area (Å²) < 4.78 is 28.2. The maximum absolute atomic E-state index is 12.8. The van der Waals surface area contributed by atoms with Crippen LogP contribution < -0.4 is 14.9 Å². The van der Waals surface area contributed by atoms with Crippen molar-refractivity contribution in [3.63, 3.8) is 0 Å². The fourth-order valence-corrected chi connectivity index (χ4v) is 4.64. The van der Waals surface area contributed by atoms with Crippen molar-refractivity contribution in [2.45, 2.75) is 38.5 Å². The maximum atomic E-state index is 12.8. The first-order valence-electron chi connectivity index (χ1n) is 8.99. The summed E-state index contributed by atoms with van der Waals surface area (Å²) in [5.74, 6) is -0.133. The average Bonchev–Trinajstić information content (AvgIpc) is 2.99. The number of sulfonamides is 1. The van der Waals surface area contributed by atoms with Crippen LogP contribution in [0.4, 0.5) is 17.1 Å². The summed E-state index contributed by atoms with van der Waals surface area (Å²) in [6.07, 6.45) is 1.38. The van der Waals surface area contributed by atoms with Crippen LogP contribution in [0.25, 0.3) is 0 Å². The van der Waals surface area contributed by atoms with E-state index < -0.39 is 10.0 Å². The van der Waals surface area contributed by atoms with Crippen LogP contribution in [0, 0.1) is 13.8 Å². The van der Waals surface area contributed by atoms with Crippen LogP contribution in [0.15, 0.2) is 41.3 Å². The molecule has 0 spiro atoms. The highest BCUT2D eigenvalue weighted by Gasteiger charge is 2.23. The average molecular weight is 401 g/mol. The van der Waals surface area contributed by atoms with Gasteiger partial charge in [-0.15, -0.1) is 0 Å². The van der Waals surface area contributed by atoms with Gasteiger partial charge < -0.3 is 10.2 Å². The molecular formula is C20H23N3O4S. The zero-order valence-electron chi connectivity index (χ0n) is 16.1. The molecule has 148 valence electrons. The smallest absolute Gasteiger partial charge is 0.262 e. The van der Waals surface area contributed by atoms with Gasteiger partial charge in [-0.2, -0.15) is 0 Å². The van der Waals surface area contributed by atoms with Crippen LogP contribution in [0.2, 0.25) is 0 Å². The van der Waals surface area contributed by atoms with Crippen molar-refractivity contribution in [2.24, 2.45) is 0 Å². The Morgan fingerprint density at radius 2 is 1.71 bits per heavy atom. The lowest BCUT2D eigenvalue weighted by atomic mass is 10.1. The first-order valence-corrected chi connectivity index (χ1v) is 10.5. The largest absolute Gasteiger partial charge is 0.326 e. The van der Waals surface area contributed by atoms with Crippen LogP contribution in [-0.4, -0.2) is 26.8 Å². The molecule has 8 heteroatoms. The molecule has 0 atom stereocenters. The van der Waals surface area contributed by atoms with Gasteiger partial charge in [-0.05, 0) is 67.8 Å². The van der Waals surface area contributed by atoms with Gasteiger partial charge in [0.05, 0.1) is 4.90 Å². The van der Waals surface area contributed by atoms with Gasteiger partial charge in [-0.3, -0.25) is 14.3 Å². The van der Waals surface area contributed by atoms with Crippen molar-refractivity contribution in [3.8, 4) is 0 Å². The Labute approximate surface area is 164 Å². The second-order valence-electron chi connectivity index (χ2n) is 6.92. The minimum absolute atomic E-state index is 0.0892. The molecule has 0 saturated carbocycles. The van der Waals surface area contributed by atoms with Crippen molar-refractivity contribution >= 4 is 38.9 Å². The molecule has 2 N–H and O–H groups in total. The molecule has 1 aliphatic rings. The summed E-state index contributed by atoms with van der Waals surface area (Å²) in [4.78, 5) is 25.0. The van der Waals surface area contributed by atoms with Crippen molar-refractivity contribution in [2.75, 3.05) is 21.5 Å². The zero-order chi connectivity index (χ0) is 20.5.